The molecule has 2 N–H and O–H groups in total. The van der Waals surface area contributed by atoms with Crippen LogP contribution < -0.4 is 5.32 Å². The van der Waals surface area contributed by atoms with Crippen LogP contribution in [0.4, 0.5) is 8.78 Å². The van der Waals surface area contributed by atoms with Crippen molar-refractivity contribution in [2.24, 2.45) is 10.9 Å². The Labute approximate surface area is 164 Å². The average Bonchev–Trinajstić information content (AvgIpc) is 3.09. The summed E-state index contributed by atoms with van der Waals surface area (Å²) in [4.78, 5) is 17.1. The number of carbonyl (C=O) groups is 1. The Hall–Kier alpha value is -2.29. The summed E-state index contributed by atoms with van der Waals surface area (Å²) in [5.41, 5.74) is -0.667. The molecule has 8 heteroatoms. The lowest BCUT2D eigenvalue weighted by Gasteiger charge is -2.36. The molecule has 2 aliphatic heterocycles. The van der Waals surface area contributed by atoms with Crippen molar-refractivity contribution >= 4 is 22.8 Å². The predicted octanol–water partition coefficient (Wildman–Crippen LogP) is 2.70. The monoisotopic (exact) mass is 404 g/mol. The Morgan fingerprint density at radius 1 is 1.25 bits per heavy atom. The van der Waals surface area contributed by atoms with Crippen LogP contribution in [0.25, 0.3) is 0 Å². The summed E-state index contributed by atoms with van der Waals surface area (Å²) in [5, 5.41) is 12.7. The zero-order valence-corrected chi connectivity index (χ0v) is 15.6. The van der Waals surface area contributed by atoms with Gasteiger partial charge in [-0.3, -0.25) is 4.79 Å². The van der Waals surface area contributed by atoms with Crippen molar-refractivity contribution in [2.45, 2.75) is 11.6 Å². The molecule has 28 heavy (non-hydrogen) atoms. The number of aliphatic hydroxyl groups excluding tert-OH is 1. The summed E-state index contributed by atoms with van der Waals surface area (Å²) in [6.45, 7) is -0.250. The highest BCUT2D eigenvalue weighted by Gasteiger charge is 2.54. The number of benzene rings is 2. The number of thioether (sulfide) groups is 1. The normalized spacial score (nSPS) is 26.5. The summed E-state index contributed by atoms with van der Waals surface area (Å²) in [7, 11) is 0. The predicted molar refractivity (Wildman–Crippen MR) is 102 cm³/mol. The second-order valence-electron chi connectivity index (χ2n) is 6.71. The van der Waals surface area contributed by atoms with Crippen LogP contribution in [0.5, 0.6) is 0 Å². The largest absolute Gasteiger partial charge is 0.394 e. The molecule has 1 amide bonds. The SMILES string of the molecule is O=C(NC1=N[C@@]2(c3cccc(F)c3F)CO[C@H](CO)[C@H]2CS1)c1ccccc1. The van der Waals surface area contributed by atoms with E-state index in [2.05, 4.69) is 10.3 Å². The van der Waals surface area contributed by atoms with E-state index in [1.165, 1.54) is 23.9 Å². The van der Waals surface area contributed by atoms with E-state index in [1.54, 1.807) is 30.3 Å². The molecule has 2 aromatic carbocycles. The number of nitrogens with zero attached hydrogens (tertiary/aromatic N) is 1. The molecule has 0 aromatic heterocycles. The van der Waals surface area contributed by atoms with Gasteiger partial charge in [0.05, 0.1) is 19.3 Å². The zero-order chi connectivity index (χ0) is 19.7. The molecular weight excluding hydrogens is 386 g/mol. The molecule has 0 aliphatic carbocycles. The first kappa shape index (κ1) is 19.0. The van der Waals surface area contributed by atoms with Crippen molar-refractivity contribution in [1.29, 1.82) is 0 Å². The van der Waals surface area contributed by atoms with Gasteiger partial charge in [0.1, 0.15) is 5.54 Å². The standard InChI is InChI=1S/C20H18F2N2O3S/c21-15-8-4-7-13(17(15)22)20-11-27-16(9-25)14(20)10-28-19(24-20)23-18(26)12-5-2-1-3-6-12/h1-8,14,16,25H,9-11H2,(H,23,24,26)/t14-,16-,20-/m1/s1. The summed E-state index contributed by atoms with van der Waals surface area (Å²) in [6.07, 6.45) is -0.537. The topological polar surface area (TPSA) is 70.9 Å². The van der Waals surface area contributed by atoms with Crippen LogP contribution >= 0.6 is 11.8 Å². The maximum absolute atomic E-state index is 14.6. The van der Waals surface area contributed by atoms with E-state index in [4.69, 9.17) is 4.74 Å². The molecule has 0 spiro atoms. The minimum atomic E-state index is -1.20. The van der Waals surface area contributed by atoms with Crippen molar-refractivity contribution in [2.75, 3.05) is 19.0 Å². The molecule has 2 aliphatic rings. The second-order valence-corrected chi connectivity index (χ2v) is 7.72. The van der Waals surface area contributed by atoms with Crippen molar-refractivity contribution in [3.05, 3.63) is 71.3 Å². The van der Waals surface area contributed by atoms with Gasteiger partial charge in [-0.1, -0.05) is 42.1 Å². The number of aliphatic imine (C=N–C) groups is 1. The Kier molecular flexibility index (Phi) is 5.18. The number of amides is 1. The lowest BCUT2D eigenvalue weighted by atomic mass is 9.79. The number of fused-ring (bicyclic) bond motifs is 1. The second kappa shape index (κ2) is 7.62. The average molecular weight is 404 g/mol. The van der Waals surface area contributed by atoms with Gasteiger partial charge in [0, 0.05) is 22.8 Å². The number of rotatable bonds is 3. The van der Waals surface area contributed by atoms with Crippen molar-refractivity contribution < 1.29 is 23.4 Å². The number of nitrogens with one attached hydrogen (secondary N) is 1. The van der Waals surface area contributed by atoms with Crippen molar-refractivity contribution in [3.63, 3.8) is 0 Å². The fourth-order valence-electron chi connectivity index (χ4n) is 3.69. The van der Waals surface area contributed by atoms with Crippen LogP contribution in [0.2, 0.25) is 0 Å². The smallest absolute Gasteiger partial charge is 0.257 e. The minimum absolute atomic E-state index is 0.00542. The molecule has 0 saturated carbocycles. The van der Waals surface area contributed by atoms with Gasteiger partial charge in [0.2, 0.25) is 0 Å². The molecule has 1 fully saturated rings. The maximum atomic E-state index is 14.6. The minimum Gasteiger partial charge on any atom is -0.394 e. The maximum Gasteiger partial charge on any atom is 0.257 e. The van der Waals surface area contributed by atoms with Crippen LogP contribution in [0.15, 0.2) is 53.5 Å². The van der Waals surface area contributed by atoms with Crippen LogP contribution in [-0.2, 0) is 10.3 Å². The Balaban J connectivity index is 1.73. The van der Waals surface area contributed by atoms with E-state index in [0.717, 1.165) is 6.07 Å². The third-order valence-electron chi connectivity index (χ3n) is 5.13. The number of carbonyl (C=O) groups excluding carboxylic acids is 1. The number of hydrogen-bond donors (Lipinski definition) is 2. The van der Waals surface area contributed by atoms with E-state index >= 15 is 0 Å². The van der Waals surface area contributed by atoms with Crippen molar-refractivity contribution in [3.8, 4) is 0 Å². The molecule has 2 heterocycles. The van der Waals surface area contributed by atoms with E-state index in [-0.39, 0.29) is 30.6 Å². The fraction of sp³-hybridized carbons (Fsp3) is 0.300. The van der Waals surface area contributed by atoms with Crippen LogP contribution in [-0.4, -0.2) is 41.3 Å². The third-order valence-corrected chi connectivity index (χ3v) is 6.13. The summed E-state index contributed by atoms with van der Waals surface area (Å²) in [5.74, 6) is -2.20. The van der Waals surface area contributed by atoms with E-state index in [0.29, 0.717) is 16.5 Å². The van der Waals surface area contributed by atoms with Gasteiger partial charge in [-0.15, -0.1) is 0 Å². The lowest BCUT2D eigenvalue weighted by Crippen LogP contribution is -2.45. The quantitative estimate of drug-likeness (QED) is 0.825. The first-order valence-corrected chi connectivity index (χ1v) is 9.80. The van der Waals surface area contributed by atoms with Gasteiger partial charge >= 0.3 is 0 Å². The van der Waals surface area contributed by atoms with Gasteiger partial charge in [0.15, 0.2) is 16.8 Å². The Bertz CT molecular complexity index is 925. The molecule has 5 nitrogen and oxygen atoms in total. The van der Waals surface area contributed by atoms with Crippen LogP contribution in [0.1, 0.15) is 15.9 Å². The zero-order valence-electron chi connectivity index (χ0n) is 14.8. The fourth-order valence-corrected chi connectivity index (χ4v) is 4.91. The number of hydrogen-bond acceptors (Lipinski definition) is 5. The molecule has 0 bridgehead atoms. The first-order chi connectivity index (χ1) is 13.5. The highest BCUT2D eigenvalue weighted by molar-refractivity contribution is 8.13. The number of aliphatic hydroxyl groups is 1. The molecule has 3 atom stereocenters. The summed E-state index contributed by atoms with van der Waals surface area (Å²) < 4.78 is 34.2. The molecule has 4 rings (SSSR count). The van der Waals surface area contributed by atoms with E-state index < -0.39 is 23.3 Å². The number of halogens is 2. The van der Waals surface area contributed by atoms with Crippen LogP contribution in [0, 0.1) is 17.6 Å². The molecular formula is C20H18F2N2O3S. The van der Waals surface area contributed by atoms with Crippen LogP contribution in [0.3, 0.4) is 0 Å². The van der Waals surface area contributed by atoms with Gasteiger partial charge in [-0.05, 0) is 18.2 Å². The molecule has 0 radical (unpaired) electrons. The Morgan fingerprint density at radius 3 is 2.79 bits per heavy atom. The lowest BCUT2D eigenvalue weighted by molar-refractivity contribution is 0.0436. The van der Waals surface area contributed by atoms with Gasteiger partial charge in [-0.2, -0.15) is 0 Å². The Morgan fingerprint density at radius 2 is 2.04 bits per heavy atom. The number of amidine groups is 1. The van der Waals surface area contributed by atoms with E-state index in [1.807, 2.05) is 0 Å². The summed E-state index contributed by atoms with van der Waals surface area (Å²) in [6, 6.07) is 12.6. The van der Waals surface area contributed by atoms with Gasteiger partial charge in [0.25, 0.3) is 5.91 Å². The first-order valence-electron chi connectivity index (χ1n) is 8.81. The molecule has 146 valence electrons. The number of ether oxygens (including phenoxy) is 1. The molecule has 0 unspecified atom stereocenters. The van der Waals surface area contributed by atoms with Crippen molar-refractivity contribution in [1.82, 2.24) is 5.32 Å². The van der Waals surface area contributed by atoms with Gasteiger partial charge in [-0.25, -0.2) is 13.8 Å². The van der Waals surface area contributed by atoms with Gasteiger partial charge < -0.3 is 15.2 Å². The molecule has 1 saturated heterocycles. The highest BCUT2D eigenvalue weighted by Crippen LogP contribution is 2.48. The molecule has 2 aromatic rings. The highest BCUT2D eigenvalue weighted by atomic mass is 32.2. The summed E-state index contributed by atoms with van der Waals surface area (Å²) >= 11 is 1.30. The third kappa shape index (κ3) is 3.21. The van der Waals surface area contributed by atoms with E-state index in [9.17, 15) is 18.7 Å².